The van der Waals surface area contributed by atoms with E-state index in [0.717, 1.165) is 19.4 Å². The van der Waals surface area contributed by atoms with Gasteiger partial charge in [-0.2, -0.15) is 5.10 Å². The lowest BCUT2D eigenvalue weighted by Crippen LogP contribution is -2.12. The normalized spacial score (nSPS) is 14.0. The molecule has 0 aliphatic carbocycles. The summed E-state index contributed by atoms with van der Waals surface area (Å²) in [5.41, 5.74) is 6.33. The third kappa shape index (κ3) is 2.25. The highest BCUT2D eigenvalue weighted by molar-refractivity contribution is 5.58. The van der Waals surface area contributed by atoms with Crippen molar-refractivity contribution in [2.75, 3.05) is 11.9 Å². The summed E-state index contributed by atoms with van der Waals surface area (Å²) in [6.45, 7) is 5.42. The molecule has 0 bridgehead atoms. The minimum Gasteiger partial charge on any atom is -0.385 e. The smallest absolute Gasteiger partial charge is 0.0669 e. The van der Waals surface area contributed by atoms with Gasteiger partial charge in [0.2, 0.25) is 0 Å². The zero-order chi connectivity index (χ0) is 13.2. The Labute approximate surface area is 114 Å². The first-order valence-electron chi connectivity index (χ1n) is 7.26. The van der Waals surface area contributed by atoms with Gasteiger partial charge < -0.3 is 5.32 Å². The van der Waals surface area contributed by atoms with E-state index in [1.54, 1.807) is 0 Å². The molecule has 0 atom stereocenters. The van der Waals surface area contributed by atoms with Gasteiger partial charge in [0.05, 0.1) is 11.4 Å². The van der Waals surface area contributed by atoms with Gasteiger partial charge in [-0.3, -0.25) is 0 Å². The average Bonchev–Trinajstić information content (AvgIpc) is 2.90. The van der Waals surface area contributed by atoms with Crippen molar-refractivity contribution in [2.24, 2.45) is 0 Å². The van der Waals surface area contributed by atoms with E-state index in [4.69, 9.17) is 5.10 Å². The van der Waals surface area contributed by atoms with Crippen LogP contribution in [0.15, 0.2) is 24.3 Å². The van der Waals surface area contributed by atoms with Gasteiger partial charge in [0.15, 0.2) is 0 Å². The van der Waals surface area contributed by atoms with Crippen LogP contribution < -0.4 is 5.32 Å². The second kappa shape index (κ2) is 5.08. The molecular formula is C16H21N3. The quantitative estimate of drug-likeness (QED) is 0.911. The molecule has 1 aromatic carbocycles. The van der Waals surface area contributed by atoms with E-state index in [-0.39, 0.29) is 0 Å². The van der Waals surface area contributed by atoms with Crippen molar-refractivity contribution >= 4 is 5.69 Å². The van der Waals surface area contributed by atoms with Crippen molar-refractivity contribution in [1.82, 2.24) is 9.78 Å². The highest BCUT2D eigenvalue weighted by Gasteiger charge is 2.12. The lowest BCUT2D eigenvalue weighted by molar-refractivity contribution is 0.788. The van der Waals surface area contributed by atoms with Gasteiger partial charge in [-0.25, -0.2) is 4.68 Å². The maximum absolute atomic E-state index is 4.71. The first kappa shape index (κ1) is 12.3. The predicted octanol–water partition coefficient (Wildman–Crippen LogP) is 3.36. The molecule has 1 aliphatic rings. The van der Waals surface area contributed by atoms with Crippen LogP contribution in [-0.4, -0.2) is 16.3 Å². The number of nitrogens with zero attached hydrogens (tertiary/aromatic N) is 2. The lowest BCUT2D eigenvalue weighted by atomic mass is 10.0. The molecule has 3 nitrogen and oxygen atoms in total. The van der Waals surface area contributed by atoms with Gasteiger partial charge in [-0.1, -0.05) is 19.9 Å². The Morgan fingerprint density at radius 2 is 2.11 bits per heavy atom. The average molecular weight is 255 g/mol. The van der Waals surface area contributed by atoms with Crippen LogP contribution in [0.2, 0.25) is 0 Å². The number of aryl methyl sites for hydroxylation is 3. The van der Waals surface area contributed by atoms with Crippen molar-refractivity contribution < 1.29 is 0 Å². The Bertz CT molecular complexity index is 584. The van der Waals surface area contributed by atoms with E-state index in [9.17, 15) is 0 Å². The SMILES string of the molecule is CCc1cc(CC)n(-c2ccc3c(c2)NCCC3)n1. The van der Waals surface area contributed by atoms with Crippen LogP contribution in [-0.2, 0) is 19.3 Å². The summed E-state index contributed by atoms with van der Waals surface area (Å²) in [5.74, 6) is 0. The summed E-state index contributed by atoms with van der Waals surface area (Å²) < 4.78 is 2.09. The van der Waals surface area contributed by atoms with E-state index < -0.39 is 0 Å². The standard InChI is InChI=1S/C16H21N3/c1-3-13-10-14(4-2)19(18-13)15-8-7-12-6-5-9-17-16(12)11-15/h7-8,10-11,17H,3-6,9H2,1-2H3. The van der Waals surface area contributed by atoms with E-state index >= 15 is 0 Å². The van der Waals surface area contributed by atoms with Gasteiger partial charge in [0.1, 0.15) is 0 Å². The maximum Gasteiger partial charge on any atom is 0.0669 e. The molecular weight excluding hydrogens is 234 g/mol. The number of benzene rings is 1. The maximum atomic E-state index is 4.71. The van der Waals surface area contributed by atoms with Crippen LogP contribution in [0.25, 0.3) is 5.69 Å². The zero-order valence-electron chi connectivity index (χ0n) is 11.7. The highest BCUT2D eigenvalue weighted by atomic mass is 15.3. The molecule has 0 fully saturated rings. The summed E-state index contributed by atoms with van der Waals surface area (Å²) >= 11 is 0. The van der Waals surface area contributed by atoms with Crippen LogP contribution in [0, 0.1) is 0 Å². The number of hydrogen-bond acceptors (Lipinski definition) is 2. The molecule has 2 heterocycles. The van der Waals surface area contributed by atoms with Crippen molar-refractivity contribution in [3.63, 3.8) is 0 Å². The minimum absolute atomic E-state index is 0.989. The Hall–Kier alpha value is -1.77. The van der Waals surface area contributed by atoms with Crippen LogP contribution >= 0.6 is 0 Å². The number of hydrogen-bond donors (Lipinski definition) is 1. The van der Waals surface area contributed by atoms with Crippen molar-refractivity contribution in [3.8, 4) is 5.69 Å². The molecule has 0 spiro atoms. The molecule has 0 amide bonds. The Kier molecular flexibility index (Phi) is 3.28. The Balaban J connectivity index is 2.04. The lowest BCUT2D eigenvalue weighted by Gasteiger charge is -2.19. The topological polar surface area (TPSA) is 29.9 Å². The van der Waals surface area contributed by atoms with Crippen LogP contribution in [0.1, 0.15) is 37.2 Å². The number of aromatic nitrogens is 2. The summed E-state index contributed by atoms with van der Waals surface area (Å²) in [6, 6.07) is 8.88. The van der Waals surface area contributed by atoms with Crippen molar-refractivity contribution in [2.45, 2.75) is 39.5 Å². The molecule has 0 saturated heterocycles. The number of rotatable bonds is 3. The second-order valence-electron chi connectivity index (χ2n) is 5.12. The van der Waals surface area contributed by atoms with Gasteiger partial charge in [-0.15, -0.1) is 0 Å². The number of fused-ring (bicyclic) bond motifs is 1. The van der Waals surface area contributed by atoms with E-state index in [2.05, 4.69) is 48.1 Å². The van der Waals surface area contributed by atoms with Gasteiger partial charge in [-0.05, 0) is 49.4 Å². The third-order valence-electron chi connectivity index (χ3n) is 3.83. The molecule has 2 aromatic rings. The summed E-state index contributed by atoms with van der Waals surface area (Å²) in [7, 11) is 0. The summed E-state index contributed by atoms with van der Waals surface area (Å²) in [4.78, 5) is 0. The van der Waals surface area contributed by atoms with Crippen molar-refractivity contribution in [1.29, 1.82) is 0 Å². The molecule has 1 N–H and O–H groups in total. The van der Waals surface area contributed by atoms with E-state index in [1.165, 1.54) is 41.2 Å². The van der Waals surface area contributed by atoms with E-state index in [1.807, 2.05) is 0 Å². The molecule has 3 heteroatoms. The zero-order valence-corrected chi connectivity index (χ0v) is 11.7. The largest absolute Gasteiger partial charge is 0.385 e. The first-order valence-corrected chi connectivity index (χ1v) is 7.26. The van der Waals surface area contributed by atoms with Crippen LogP contribution in [0.4, 0.5) is 5.69 Å². The Morgan fingerprint density at radius 1 is 1.21 bits per heavy atom. The predicted molar refractivity (Wildman–Crippen MR) is 79.1 cm³/mol. The number of anilines is 1. The fraction of sp³-hybridized carbons (Fsp3) is 0.438. The van der Waals surface area contributed by atoms with Gasteiger partial charge in [0.25, 0.3) is 0 Å². The molecule has 100 valence electrons. The molecule has 0 saturated carbocycles. The van der Waals surface area contributed by atoms with Crippen molar-refractivity contribution in [3.05, 3.63) is 41.2 Å². The molecule has 1 aliphatic heterocycles. The highest BCUT2D eigenvalue weighted by Crippen LogP contribution is 2.25. The molecule has 3 rings (SSSR count). The molecule has 0 unspecified atom stereocenters. The second-order valence-corrected chi connectivity index (χ2v) is 5.12. The summed E-state index contributed by atoms with van der Waals surface area (Å²) in [6.07, 6.45) is 4.41. The minimum atomic E-state index is 0.989. The first-order chi connectivity index (χ1) is 9.31. The fourth-order valence-corrected chi connectivity index (χ4v) is 2.70. The van der Waals surface area contributed by atoms with Crippen LogP contribution in [0.3, 0.4) is 0 Å². The fourth-order valence-electron chi connectivity index (χ4n) is 2.70. The third-order valence-corrected chi connectivity index (χ3v) is 3.83. The molecule has 1 aromatic heterocycles. The van der Waals surface area contributed by atoms with E-state index in [0.29, 0.717) is 0 Å². The van der Waals surface area contributed by atoms with Gasteiger partial charge in [0, 0.05) is 17.9 Å². The van der Waals surface area contributed by atoms with Crippen LogP contribution in [0.5, 0.6) is 0 Å². The Morgan fingerprint density at radius 3 is 2.89 bits per heavy atom. The van der Waals surface area contributed by atoms with Gasteiger partial charge >= 0.3 is 0 Å². The monoisotopic (exact) mass is 255 g/mol. The number of nitrogens with one attached hydrogen (secondary N) is 1. The molecule has 19 heavy (non-hydrogen) atoms. The summed E-state index contributed by atoms with van der Waals surface area (Å²) in [5, 5.41) is 8.20. The molecule has 0 radical (unpaired) electrons.